The van der Waals surface area contributed by atoms with E-state index in [2.05, 4.69) is 0 Å². The van der Waals surface area contributed by atoms with Crippen LogP contribution in [0.25, 0.3) is 6.08 Å². The van der Waals surface area contributed by atoms with Crippen molar-refractivity contribution in [1.29, 1.82) is 0 Å². The van der Waals surface area contributed by atoms with E-state index < -0.39 is 23.7 Å². The monoisotopic (exact) mass is 322 g/mol. The zero-order valence-corrected chi connectivity index (χ0v) is 12.6. The molecule has 116 valence electrons. The molecule has 0 radical (unpaired) electrons. The minimum absolute atomic E-state index is 0.109. The van der Waals surface area contributed by atoms with Gasteiger partial charge in [0.25, 0.3) is 11.1 Å². The summed E-state index contributed by atoms with van der Waals surface area (Å²) >= 11 is 0.662. The van der Waals surface area contributed by atoms with E-state index >= 15 is 0 Å². The number of carbonyl (C=O) groups is 3. The van der Waals surface area contributed by atoms with Crippen molar-refractivity contribution < 1.29 is 29.0 Å². The number of benzene rings is 1. The summed E-state index contributed by atoms with van der Waals surface area (Å²) in [5, 5.41) is 9.92. The highest BCUT2D eigenvalue weighted by atomic mass is 32.2. The van der Waals surface area contributed by atoms with Crippen LogP contribution in [-0.2, 0) is 9.59 Å². The zero-order valence-electron chi connectivity index (χ0n) is 11.8. The number of carboxylic acids is 1. The van der Waals surface area contributed by atoms with Crippen LogP contribution in [0.3, 0.4) is 0 Å². The Labute approximate surface area is 130 Å². The number of thioether (sulfide) groups is 1. The van der Waals surface area contributed by atoms with Crippen LogP contribution in [0, 0.1) is 0 Å². The third-order valence-electron chi connectivity index (χ3n) is 2.88. The minimum atomic E-state index is -1.50. The molecule has 0 spiro atoms. The number of carboxylic acid groups (broad SMARTS) is 1. The van der Waals surface area contributed by atoms with E-state index in [9.17, 15) is 19.5 Å². The van der Waals surface area contributed by atoms with E-state index in [1.165, 1.54) is 20.3 Å². The lowest BCUT2D eigenvalue weighted by molar-refractivity contribution is -0.305. The summed E-state index contributed by atoms with van der Waals surface area (Å²) in [5.74, 6) is -1.28. The summed E-state index contributed by atoms with van der Waals surface area (Å²) in [5.41, 5.74) is 0.542. The lowest BCUT2D eigenvalue weighted by Crippen LogP contribution is -2.40. The highest BCUT2D eigenvalue weighted by Gasteiger charge is 2.35. The van der Waals surface area contributed by atoms with Crippen molar-refractivity contribution >= 4 is 35.0 Å². The van der Waals surface area contributed by atoms with Crippen molar-refractivity contribution in [3.63, 3.8) is 0 Å². The number of hydrogen-bond acceptors (Lipinski definition) is 7. The van der Waals surface area contributed by atoms with Crippen molar-refractivity contribution in [1.82, 2.24) is 4.90 Å². The van der Waals surface area contributed by atoms with Crippen molar-refractivity contribution in [3.8, 4) is 11.5 Å². The molecule has 1 aliphatic rings. The Bertz CT molecular complexity index is 669. The number of carbonyl (C=O) groups excluding carboxylic acids is 3. The number of rotatable bonds is 5. The second-order valence-corrected chi connectivity index (χ2v) is 5.22. The van der Waals surface area contributed by atoms with Gasteiger partial charge in [-0.3, -0.25) is 14.5 Å². The van der Waals surface area contributed by atoms with Crippen molar-refractivity contribution in [2.45, 2.75) is 0 Å². The van der Waals surface area contributed by atoms with Gasteiger partial charge in [-0.15, -0.1) is 0 Å². The molecule has 1 aromatic rings. The van der Waals surface area contributed by atoms with Gasteiger partial charge in [-0.05, 0) is 23.9 Å². The average molecular weight is 322 g/mol. The van der Waals surface area contributed by atoms with Crippen LogP contribution in [0.1, 0.15) is 5.56 Å². The van der Waals surface area contributed by atoms with Gasteiger partial charge in [0.2, 0.25) is 0 Å². The van der Waals surface area contributed by atoms with E-state index in [0.29, 0.717) is 33.7 Å². The Morgan fingerprint density at radius 3 is 2.64 bits per heavy atom. The molecule has 2 rings (SSSR count). The summed E-state index contributed by atoms with van der Waals surface area (Å²) in [6, 6.07) is 5.09. The Morgan fingerprint density at radius 2 is 2.05 bits per heavy atom. The van der Waals surface area contributed by atoms with Gasteiger partial charge >= 0.3 is 0 Å². The van der Waals surface area contributed by atoms with Gasteiger partial charge in [-0.1, -0.05) is 12.1 Å². The second-order valence-electron chi connectivity index (χ2n) is 4.22. The highest BCUT2D eigenvalue weighted by molar-refractivity contribution is 8.18. The predicted molar refractivity (Wildman–Crippen MR) is 77.2 cm³/mol. The Morgan fingerprint density at radius 1 is 1.32 bits per heavy atom. The Balaban J connectivity index is 2.37. The molecule has 22 heavy (non-hydrogen) atoms. The molecule has 8 heteroatoms. The van der Waals surface area contributed by atoms with Crippen LogP contribution < -0.4 is 14.6 Å². The lowest BCUT2D eigenvalue weighted by atomic mass is 10.1. The summed E-state index contributed by atoms with van der Waals surface area (Å²) in [6.07, 6.45) is 1.46. The molecule has 0 atom stereocenters. The molecular formula is C14H12NO6S-. The lowest BCUT2D eigenvalue weighted by Gasteiger charge is -2.12. The summed E-state index contributed by atoms with van der Waals surface area (Å²) in [6.45, 7) is -0.767. The molecule has 2 amide bonds. The molecular weight excluding hydrogens is 310 g/mol. The number of methoxy groups -OCH3 is 2. The Kier molecular flexibility index (Phi) is 4.71. The molecule has 0 bridgehead atoms. The third-order valence-corrected chi connectivity index (χ3v) is 3.79. The van der Waals surface area contributed by atoms with Gasteiger partial charge in [-0.2, -0.15) is 0 Å². The second kappa shape index (κ2) is 6.52. The maximum Gasteiger partial charge on any atom is 0.293 e. The van der Waals surface area contributed by atoms with Crippen LogP contribution >= 0.6 is 11.8 Å². The molecule has 1 fully saturated rings. The molecule has 1 saturated heterocycles. The van der Waals surface area contributed by atoms with Crippen LogP contribution in [0.2, 0.25) is 0 Å². The fourth-order valence-corrected chi connectivity index (χ4v) is 2.76. The van der Waals surface area contributed by atoms with Crippen LogP contribution in [0.4, 0.5) is 4.79 Å². The SMILES string of the molecule is COc1cccc(/C=C2/SC(=O)N(CC(=O)[O-])C2=O)c1OC. The number of aliphatic carboxylic acids is 1. The zero-order chi connectivity index (χ0) is 16.3. The van der Waals surface area contributed by atoms with Crippen molar-refractivity contribution in [3.05, 3.63) is 28.7 Å². The molecule has 0 aliphatic carbocycles. The maximum atomic E-state index is 12.1. The molecule has 7 nitrogen and oxygen atoms in total. The number of nitrogens with zero attached hydrogens (tertiary/aromatic N) is 1. The first-order valence-electron chi connectivity index (χ1n) is 6.14. The van der Waals surface area contributed by atoms with Gasteiger partial charge < -0.3 is 19.4 Å². The average Bonchev–Trinajstić information content (AvgIpc) is 2.74. The largest absolute Gasteiger partial charge is 0.548 e. The van der Waals surface area contributed by atoms with E-state index in [0.717, 1.165) is 0 Å². The van der Waals surface area contributed by atoms with Crippen LogP contribution in [0.15, 0.2) is 23.1 Å². The smallest absolute Gasteiger partial charge is 0.293 e. The normalized spacial score (nSPS) is 16.3. The van der Waals surface area contributed by atoms with Gasteiger partial charge in [0, 0.05) is 5.56 Å². The number of ether oxygens (including phenoxy) is 2. The number of amides is 2. The molecule has 1 aromatic carbocycles. The molecule has 1 aliphatic heterocycles. The first-order chi connectivity index (χ1) is 10.5. The molecule has 0 N–H and O–H groups in total. The topological polar surface area (TPSA) is 96.0 Å². The van der Waals surface area contributed by atoms with Crippen LogP contribution in [0.5, 0.6) is 11.5 Å². The van der Waals surface area contributed by atoms with E-state index in [-0.39, 0.29) is 4.91 Å². The quantitative estimate of drug-likeness (QED) is 0.728. The van der Waals surface area contributed by atoms with Crippen molar-refractivity contribution in [2.24, 2.45) is 0 Å². The van der Waals surface area contributed by atoms with Crippen molar-refractivity contribution in [2.75, 3.05) is 20.8 Å². The first kappa shape index (κ1) is 15.9. The maximum absolute atomic E-state index is 12.1. The van der Waals surface area contributed by atoms with E-state index in [4.69, 9.17) is 9.47 Å². The number of imide groups is 1. The van der Waals surface area contributed by atoms with E-state index in [1.807, 2.05) is 0 Å². The predicted octanol–water partition coefficient (Wildman–Crippen LogP) is 0.490. The first-order valence-corrected chi connectivity index (χ1v) is 6.95. The Hall–Kier alpha value is -2.48. The third kappa shape index (κ3) is 3.06. The van der Waals surface area contributed by atoms with Crippen LogP contribution in [-0.4, -0.2) is 42.8 Å². The standard InChI is InChI=1S/C14H13NO6S/c1-20-9-5-3-4-8(12(9)21-2)6-10-13(18)15(7-11(16)17)14(19)22-10/h3-6H,7H2,1-2H3,(H,16,17)/p-1/b10-6+. The fraction of sp³-hybridized carbons (Fsp3) is 0.214. The number of hydrogen-bond donors (Lipinski definition) is 0. The fourth-order valence-electron chi connectivity index (χ4n) is 1.93. The highest BCUT2D eigenvalue weighted by Crippen LogP contribution is 2.36. The van der Waals surface area contributed by atoms with Gasteiger partial charge in [0.1, 0.15) is 0 Å². The molecule has 0 saturated carbocycles. The minimum Gasteiger partial charge on any atom is -0.548 e. The van der Waals surface area contributed by atoms with Gasteiger partial charge in [0.15, 0.2) is 11.5 Å². The van der Waals surface area contributed by atoms with E-state index in [1.54, 1.807) is 18.2 Å². The van der Waals surface area contributed by atoms with Gasteiger partial charge in [-0.25, -0.2) is 0 Å². The summed E-state index contributed by atoms with van der Waals surface area (Å²) in [7, 11) is 2.94. The molecule has 0 aromatic heterocycles. The number of para-hydroxylation sites is 1. The summed E-state index contributed by atoms with van der Waals surface area (Å²) < 4.78 is 10.4. The summed E-state index contributed by atoms with van der Waals surface area (Å²) in [4.78, 5) is 35.0. The van der Waals surface area contributed by atoms with Gasteiger partial charge in [0.05, 0.1) is 31.6 Å². The molecule has 1 heterocycles. The molecule has 0 unspecified atom stereocenters.